The molecule has 1 spiro atoms. The van der Waals surface area contributed by atoms with Crippen LogP contribution in [0.15, 0.2) is 23.8 Å². The highest BCUT2D eigenvalue weighted by atomic mass is 16.5. The number of carbonyl (C=O) groups excluding carboxylic acids is 3. The fraction of sp³-hybridized carbons (Fsp3) is 0.632. The molecule has 4 aliphatic heterocycles. The van der Waals surface area contributed by atoms with Crippen LogP contribution in [-0.4, -0.2) is 72.0 Å². The molecular weight excluding hydrogens is 334 g/mol. The predicted octanol–water partition coefficient (Wildman–Crippen LogP) is 0.0831. The van der Waals surface area contributed by atoms with Crippen LogP contribution in [0, 0.1) is 11.8 Å². The maximum Gasteiger partial charge on any atom is 0.230 e. The van der Waals surface area contributed by atoms with Gasteiger partial charge in [0.2, 0.25) is 17.7 Å². The van der Waals surface area contributed by atoms with Gasteiger partial charge in [-0.3, -0.25) is 14.4 Å². The molecule has 0 aromatic heterocycles. The van der Waals surface area contributed by atoms with Crippen LogP contribution in [0.25, 0.3) is 0 Å². The van der Waals surface area contributed by atoms with E-state index in [0.717, 1.165) is 6.42 Å². The van der Waals surface area contributed by atoms with E-state index in [4.69, 9.17) is 4.74 Å². The zero-order valence-electron chi connectivity index (χ0n) is 15.2. The highest BCUT2D eigenvalue weighted by Gasteiger charge is 2.67. The topological polar surface area (TPSA) is 79.0 Å². The zero-order chi connectivity index (χ0) is 18.5. The molecule has 7 nitrogen and oxygen atoms in total. The molecule has 0 aromatic carbocycles. The van der Waals surface area contributed by atoms with Gasteiger partial charge in [-0.1, -0.05) is 23.8 Å². The quantitative estimate of drug-likeness (QED) is 0.721. The van der Waals surface area contributed by atoms with E-state index < -0.39 is 17.4 Å². The SMILES string of the molecule is CC(=O)NCCN1C[C@]23C=C[C@H](O2)[C@H](C(=O)N2CC=C(C)CC2)[C@@H]3C1=O. The molecule has 0 aromatic rings. The Bertz CT molecular complexity index is 716. The van der Waals surface area contributed by atoms with Crippen molar-refractivity contribution >= 4 is 17.7 Å². The summed E-state index contributed by atoms with van der Waals surface area (Å²) < 4.78 is 6.13. The summed E-state index contributed by atoms with van der Waals surface area (Å²) in [5, 5.41) is 2.72. The van der Waals surface area contributed by atoms with E-state index >= 15 is 0 Å². The molecule has 4 atom stereocenters. The van der Waals surface area contributed by atoms with Gasteiger partial charge < -0.3 is 19.9 Å². The number of amides is 3. The van der Waals surface area contributed by atoms with Gasteiger partial charge in [-0.05, 0) is 13.3 Å². The number of nitrogens with zero attached hydrogens (tertiary/aromatic N) is 2. The fourth-order valence-electron chi connectivity index (χ4n) is 4.60. The maximum atomic E-state index is 13.1. The van der Waals surface area contributed by atoms with Crippen molar-refractivity contribution in [2.45, 2.75) is 32.0 Å². The molecule has 0 radical (unpaired) electrons. The van der Waals surface area contributed by atoms with E-state index in [9.17, 15) is 14.4 Å². The minimum absolute atomic E-state index is 0.0204. The van der Waals surface area contributed by atoms with Crippen molar-refractivity contribution in [3.8, 4) is 0 Å². The largest absolute Gasteiger partial charge is 0.360 e. The van der Waals surface area contributed by atoms with Crippen molar-refractivity contribution in [2.24, 2.45) is 11.8 Å². The lowest BCUT2D eigenvalue weighted by molar-refractivity contribution is -0.143. The number of nitrogens with one attached hydrogen (secondary N) is 1. The van der Waals surface area contributed by atoms with Gasteiger partial charge in [0.25, 0.3) is 0 Å². The van der Waals surface area contributed by atoms with Crippen molar-refractivity contribution in [1.82, 2.24) is 15.1 Å². The zero-order valence-corrected chi connectivity index (χ0v) is 15.2. The summed E-state index contributed by atoms with van der Waals surface area (Å²) in [6.45, 7) is 6.14. The standard InChI is InChI=1S/C19H25N3O4/c1-12-4-8-21(9-5-12)17(24)15-14-3-6-19(26-14)11-22(18(25)16(15)19)10-7-20-13(2)23/h3-4,6,14-16H,5,7-11H2,1-2H3,(H,20,23)/t14-,15-,16+,19-/m0/s1. The minimum atomic E-state index is -0.681. The van der Waals surface area contributed by atoms with E-state index in [-0.39, 0.29) is 23.8 Å². The molecule has 1 N–H and O–H groups in total. The highest BCUT2D eigenvalue weighted by molar-refractivity contribution is 5.93. The first-order valence-corrected chi connectivity index (χ1v) is 9.26. The smallest absolute Gasteiger partial charge is 0.230 e. The Hall–Kier alpha value is -2.15. The summed E-state index contributed by atoms with van der Waals surface area (Å²) >= 11 is 0. The number of hydrogen-bond acceptors (Lipinski definition) is 4. The number of carbonyl (C=O) groups is 3. The molecule has 140 valence electrons. The third-order valence-corrected chi connectivity index (χ3v) is 5.97. The van der Waals surface area contributed by atoms with Crippen LogP contribution in [0.4, 0.5) is 0 Å². The lowest BCUT2D eigenvalue weighted by atomic mass is 9.76. The van der Waals surface area contributed by atoms with Gasteiger partial charge in [-0.25, -0.2) is 0 Å². The first kappa shape index (κ1) is 17.3. The Morgan fingerprint density at radius 1 is 1.42 bits per heavy atom. The van der Waals surface area contributed by atoms with Gasteiger partial charge in [-0.15, -0.1) is 0 Å². The van der Waals surface area contributed by atoms with Crippen LogP contribution in [-0.2, 0) is 19.1 Å². The average Bonchev–Trinajstić information content (AvgIpc) is 3.23. The van der Waals surface area contributed by atoms with Crippen LogP contribution < -0.4 is 5.32 Å². The summed E-state index contributed by atoms with van der Waals surface area (Å²) in [5.74, 6) is -1.02. The number of ether oxygens (including phenoxy) is 1. The normalized spacial score (nSPS) is 34.9. The van der Waals surface area contributed by atoms with Gasteiger partial charge in [-0.2, -0.15) is 0 Å². The molecule has 7 heteroatoms. The Morgan fingerprint density at radius 2 is 2.23 bits per heavy atom. The van der Waals surface area contributed by atoms with Gasteiger partial charge in [0.05, 0.1) is 24.5 Å². The number of fused-ring (bicyclic) bond motifs is 1. The van der Waals surface area contributed by atoms with Crippen LogP contribution in [0.1, 0.15) is 20.3 Å². The molecule has 0 unspecified atom stereocenters. The predicted molar refractivity (Wildman–Crippen MR) is 93.9 cm³/mol. The summed E-state index contributed by atoms with van der Waals surface area (Å²) in [5.41, 5.74) is 0.621. The number of rotatable bonds is 4. The van der Waals surface area contributed by atoms with Crippen LogP contribution >= 0.6 is 0 Å². The fourth-order valence-corrected chi connectivity index (χ4v) is 4.60. The maximum absolute atomic E-state index is 13.1. The van der Waals surface area contributed by atoms with E-state index in [2.05, 4.69) is 18.3 Å². The monoisotopic (exact) mass is 359 g/mol. The second-order valence-electron chi connectivity index (χ2n) is 7.73. The van der Waals surface area contributed by atoms with Gasteiger partial charge in [0.1, 0.15) is 5.60 Å². The molecule has 4 heterocycles. The van der Waals surface area contributed by atoms with Crippen LogP contribution in [0.2, 0.25) is 0 Å². The van der Waals surface area contributed by atoms with Gasteiger partial charge >= 0.3 is 0 Å². The summed E-state index contributed by atoms with van der Waals surface area (Å²) in [4.78, 5) is 40.8. The molecular formula is C19H25N3O4. The summed E-state index contributed by atoms with van der Waals surface area (Å²) in [6, 6.07) is 0. The van der Waals surface area contributed by atoms with Crippen molar-refractivity contribution in [2.75, 3.05) is 32.7 Å². The second-order valence-corrected chi connectivity index (χ2v) is 7.73. The van der Waals surface area contributed by atoms with E-state index in [0.29, 0.717) is 32.7 Å². The molecule has 2 bridgehead atoms. The molecule has 4 aliphatic rings. The van der Waals surface area contributed by atoms with Crippen molar-refractivity contribution in [1.29, 1.82) is 0 Å². The van der Waals surface area contributed by atoms with E-state index in [1.54, 1.807) is 4.90 Å². The Kier molecular flexibility index (Phi) is 4.14. The lowest BCUT2D eigenvalue weighted by Gasteiger charge is -2.31. The average molecular weight is 359 g/mol. The number of likely N-dealkylation sites (tertiary alicyclic amines) is 1. The molecule has 26 heavy (non-hydrogen) atoms. The van der Waals surface area contributed by atoms with Gasteiger partial charge in [0, 0.05) is 33.1 Å². The molecule has 0 saturated carbocycles. The Balaban J connectivity index is 1.50. The first-order valence-electron chi connectivity index (χ1n) is 9.26. The third kappa shape index (κ3) is 2.65. The molecule has 2 saturated heterocycles. The molecule has 0 aliphatic carbocycles. The van der Waals surface area contributed by atoms with Crippen molar-refractivity contribution in [3.63, 3.8) is 0 Å². The van der Waals surface area contributed by atoms with E-state index in [1.165, 1.54) is 12.5 Å². The Morgan fingerprint density at radius 3 is 2.92 bits per heavy atom. The van der Waals surface area contributed by atoms with Crippen LogP contribution in [0.5, 0.6) is 0 Å². The third-order valence-electron chi connectivity index (χ3n) is 5.97. The Labute approximate surface area is 153 Å². The van der Waals surface area contributed by atoms with E-state index in [1.807, 2.05) is 17.1 Å². The van der Waals surface area contributed by atoms with Crippen molar-refractivity contribution < 1.29 is 19.1 Å². The van der Waals surface area contributed by atoms with Crippen molar-refractivity contribution in [3.05, 3.63) is 23.8 Å². The van der Waals surface area contributed by atoms with Crippen LogP contribution in [0.3, 0.4) is 0 Å². The summed E-state index contributed by atoms with van der Waals surface area (Å²) in [6.07, 6.45) is 6.56. The summed E-state index contributed by atoms with van der Waals surface area (Å²) in [7, 11) is 0. The number of hydrogen-bond donors (Lipinski definition) is 1. The second kappa shape index (κ2) is 6.23. The lowest BCUT2D eigenvalue weighted by Crippen LogP contribution is -2.47. The van der Waals surface area contributed by atoms with Gasteiger partial charge in [0.15, 0.2) is 0 Å². The molecule has 4 rings (SSSR count). The first-order chi connectivity index (χ1) is 12.4. The molecule has 3 amide bonds. The highest BCUT2D eigenvalue weighted by Crippen LogP contribution is 2.52. The molecule has 2 fully saturated rings. The minimum Gasteiger partial charge on any atom is -0.360 e.